The summed E-state index contributed by atoms with van der Waals surface area (Å²) < 4.78 is 1.74. The zero-order valence-electron chi connectivity index (χ0n) is 11.1. The molecule has 0 aromatic carbocycles. The Morgan fingerprint density at radius 3 is 2.90 bits per heavy atom. The molecule has 0 bridgehead atoms. The molecule has 0 saturated carbocycles. The van der Waals surface area contributed by atoms with Gasteiger partial charge in [0, 0.05) is 13.2 Å². The van der Waals surface area contributed by atoms with E-state index in [2.05, 4.69) is 20.1 Å². The highest BCUT2D eigenvalue weighted by atomic mass is 16.4. The third-order valence-electron chi connectivity index (χ3n) is 3.12. The fourth-order valence-corrected chi connectivity index (χ4v) is 2.06. The number of rotatable bonds is 3. The van der Waals surface area contributed by atoms with Crippen molar-refractivity contribution in [2.24, 2.45) is 7.05 Å². The maximum atomic E-state index is 10.9. The Morgan fingerprint density at radius 2 is 2.25 bits per heavy atom. The van der Waals surface area contributed by atoms with Crippen molar-refractivity contribution >= 4 is 17.1 Å². The number of aromatic amines is 1. The molecule has 0 radical (unpaired) electrons. The smallest absolute Gasteiger partial charge is 0.337 e. The van der Waals surface area contributed by atoms with Gasteiger partial charge in [0.2, 0.25) is 0 Å². The molecule has 3 aromatic heterocycles. The van der Waals surface area contributed by atoms with Gasteiger partial charge in [0.25, 0.3) is 0 Å². The van der Waals surface area contributed by atoms with Crippen LogP contribution in [0.5, 0.6) is 0 Å². The number of carbonyl (C=O) groups is 1. The van der Waals surface area contributed by atoms with Crippen LogP contribution in [0.3, 0.4) is 0 Å². The van der Waals surface area contributed by atoms with Crippen molar-refractivity contribution in [3.05, 3.63) is 29.6 Å². The van der Waals surface area contributed by atoms with Crippen LogP contribution < -0.4 is 0 Å². The first-order chi connectivity index (χ1) is 9.58. The normalized spacial score (nSPS) is 11.1. The van der Waals surface area contributed by atoms with Crippen molar-refractivity contribution in [3.63, 3.8) is 0 Å². The van der Waals surface area contributed by atoms with Crippen molar-refractivity contribution in [2.45, 2.75) is 13.3 Å². The molecule has 102 valence electrons. The van der Waals surface area contributed by atoms with Crippen molar-refractivity contribution in [3.8, 4) is 11.5 Å². The number of hydrogen-bond acceptors (Lipinski definition) is 4. The predicted molar refractivity (Wildman–Crippen MR) is 72.4 cm³/mol. The Kier molecular flexibility index (Phi) is 2.74. The van der Waals surface area contributed by atoms with Gasteiger partial charge in [-0.3, -0.25) is 4.68 Å². The Labute approximate surface area is 114 Å². The highest BCUT2D eigenvalue weighted by molar-refractivity contribution is 5.91. The summed E-state index contributed by atoms with van der Waals surface area (Å²) >= 11 is 0. The standard InChI is InChI=1S/C13H13N5O2/c1-3-8-5-10(18(2)17-8)12-15-9-4-7(13(19)20)6-14-11(9)16-12/h4-6H,3H2,1-2H3,(H,19,20)(H,14,15,16). The second-order valence-electron chi connectivity index (χ2n) is 4.48. The molecular formula is C13H13N5O2. The van der Waals surface area contributed by atoms with Crippen molar-refractivity contribution < 1.29 is 9.90 Å². The van der Waals surface area contributed by atoms with E-state index in [9.17, 15) is 4.79 Å². The maximum Gasteiger partial charge on any atom is 0.337 e. The van der Waals surface area contributed by atoms with Crippen LogP contribution in [-0.4, -0.2) is 35.8 Å². The van der Waals surface area contributed by atoms with E-state index in [0.717, 1.165) is 17.8 Å². The molecule has 20 heavy (non-hydrogen) atoms. The molecule has 3 heterocycles. The van der Waals surface area contributed by atoms with E-state index in [1.54, 1.807) is 4.68 Å². The summed E-state index contributed by atoms with van der Waals surface area (Å²) in [4.78, 5) is 22.4. The van der Waals surface area contributed by atoms with Gasteiger partial charge in [-0.15, -0.1) is 0 Å². The molecule has 7 nitrogen and oxygen atoms in total. The number of H-pyrrole nitrogens is 1. The van der Waals surface area contributed by atoms with E-state index in [4.69, 9.17) is 5.11 Å². The summed E-state index contributed by atoms with van der Waals surface area (Å²) in [5.41, 5.74) is 3.04. The van der Waals surface area contributed by atoms with Gasteiger partial charge in [-0.1, -0.05) is 6.92 Å². The first-order valence-electron chi connectivity index (χ1n) is 6.21. The van der Waals surface area contributed by atoms with E-state index in [1.165, 1.54) is 12.3 Å². The van der Waals surface area contributed by atoms with Crippen LogP contribution in [-0.2, 0) is 13.5 Å². The molecule has 0 aliphatic heterocycles. The van der Waals surface area contributed by atoms with Crippen LogP contribution in [0.25, 0.3) is 22.7 Å². The molecule has 0 aliphatic carbocycles. The number of pyridine rings is 1. The summed E-state index contributed by atoms with van der Waals surface area (Å²) in [6.07, 6.45) is 2.14. The van der Waals surface area contributed by atoms with Crippen molar-refractivity contribution in [1.29, 1.82) is 0 Å². The number of carboxylic acids is 1. The number of aromatic carboxylic acids is 1. The summed E-state index contributed by atoms with van der Waals surface area (Å²) in [7, 11) is 1.85. The molecule has 7 heteroatoms. The molecule has 0 saturated heterocycles. The van der Waals surface area contributed by atoms with Gasteiger partial charge in [0.15, 0.2) is 11.5 Å². The second kappa shape index (κ2) is 4.44. The number of hydrogen-bond donors (Lipinski definition) is 2. The number of aryl methyl sites for hydroxylation is 2. The summed E-state index contributed by atoms with van der Waals surface area (Å²) in [6.45, 7) is 2.03. The first kappa shape index (κ1) is 12.3. The van der Waals surface area contributed by atoms with Crippen molar-refractivity contribution in [2.75, 3.05) is 0 Å². The Hall–Kier alpha value is -2.70. The second-order valence-corrected chi connectivity index (χ2v) is 4.48. The summed E-state index contributed by atoms with van der Waals surface area (Å²) in [6, 6.07) is 3.48. The van der Waals surface area contributed by atoms with Crippen LogP contribution in [0.15, 0.2) is 18.3 Å². The lowest BCUT2D eigenvalue weighted by Crippen LogP contribution is -1.96. The average Bonchev–Trinajstić information content (AvgIpc) is 3.00. The molecule has 0 spiro atoms. The molecule has 0 amide bonds. The molecule has 2 N–H and O–H groups in total. The van der Waals surface area contributed by atoms with Gasteiger partial charge >= 0.3 is 5.97 Å². The molecule has 0 aliphatic rings. The van der Waals surface area contributed by atoms with Gasteiger partial charge in [0.1, 0.15) is 5.69 Å². The fraction of sp³-hybridized carbons (Fsp3) is 0.231. The van der Waals surface area contributed by atoms with Crippen LogP contribution in [0, 0.1) is 0 Å². The zero-order valence-corrected chi connectivity index (χ0v) is 11.1. The van der Waals surface area contributed by atoms with Gasteiger partial charge in [-0.25, -0.2) is 14.8 Å². The monoisotopic (exact) mass is 271 g/mol. The molecule has 0 unspecified atom stereocenters. The topological polar surface area (TPSA) is 96.7 Å². The van der Waals surface area contributed by atoms with E-state index < -0.39 is 5.97 Å². The number of nitrogens with one attached hydrogen (secondary N) is 1. The minimum Gasteiger partial charge on any atom is -0.478 e. The number of aromatic nitrogens is 5. The summed E-state index contributed by atoms with van der Waals surface area (Å²) in [5.74, 6) is -0.380. The fourth-order valence-electron chi connectivity index (χ4n) is 2.06. The van der Waals surface area contributed by atoms with Gasteiger partial charge in [-0.2, -0.15) is 5.10 Å². The largest absolute Gasteiger partial charge is 0.478 e. The summed E-state index contributed by atoms with van der Waals surface area (Å²) in [5, 5.41) is 13.3. The number of imidazole rings is 1. The first-order valence-corrected chi connectivity index (χ1v) is 6.21. The number of fused-ring (bicyclic) bond motifs is 1. The van der Waals surface area contributed by atoms with Crippen LogP contribution >= 0.6 is 0 Å². The lowest BCUT2D eigenvalue weighted by atomic mass is 10.3. The Balaban J connectivity index is 2.12. The number of carboxylic acid groups (broad SMARTS) is 1. The van der Waals surface area contributed by atoms with Gasteiger partial charge in [-0.05, 0) is 18.6 Å². The molecule has 3 aromatic rings. The van der Waals surface area contributed by atoms with Gasteiger partial charge in [0.05, 0.1) is 16.8 Å². The van der Waals surface area contributed by atoms with Crippen molar-refractivity contribution in [1.82, 2.24) is 24.7 Å². The highest BCUT2D eigenvalue weighted by Crippen LogP contribution is 2.20. The average molecular weight is 271 g/mol. The van der Waals surface area contributed by atoms with Crippen LogP contribution in [0.2, 0.25) is 0 Å². The third-order valence-corrected chi connectivity index (χ3v) is 3.12. The predicted octanol–water partition coefficient (Wildman–Crippen LogP) is 1.62. The quantitative estimate of drug-likeness (QED) is 0.754. The van der Waals surface area contributed by atoms with E-state index in [1.807, 2.05) is 20.0 Å². The van der Waals surface area contributed by atoms with E-state index >= 15 is 0 Å². The lowest BCUT2D eigenvalue weighted by molar-refractivity contribution is 0.0696. The third kappa shape index (κ3) is 1.93. The van der Waals surface area contributed by atoms with Gasteiger partial charge < -0.3 is 10.1 Å². The zero-order chi connectivity index (χ0) is 14.3. The molecule has 0 fully saturated rings. The lowest BCUT2D eigenvalue weighted by Gasteiger charge is -1.95. The Bertz CT molecular complexity index is 802. The van der Waals surface area contributed by atoms with Crippen LogP contribution in [0.1, 0.15) is 23.0 Å². The SMILES string of the molecule is CCc1cc(-c2nc3ncc(C(=O)O)cc3[nH]2)n(C)n1. The minimum atomic E-state index is -1.01. The molecule has 3 rings (SSSR count). The minimum absolute atomic E-state index is 0.131. The van der Waals surface area contributed by atoms with E-state index in [0.29, 0.717) is 17.0 Å². The van der Waals surface area contributed by atoms with Crippen LogP contribution in [0.4, 0.5) is 0 Å². The van der Waals surface area contributed by atoms with E-state index in [-0.39, 0.29) is 5.56 Å². The Morgan fingerprint density at radius 1 is 1.45 bits per heavy atom. The molecule has 0 atom stereocenters. The molecular weight excluding hydrogens is 258 g/mol. The highest BCUT2D eigenvalue weighted by Gasteiger charge is 2.13. The maximum absolute atomic E-state index is 10.9. The number of nitrogens with zero attached hydrogens (tertiary/aromatic N) is 4.